The van der Waals surface area contributed by atoms with E-state index in [1.54, 1.807) is 0 Å². The van der Waals surface area contributed by atoms with Crippen LogP contribution in [-0.4, -0.2) is 18.1 Å². The Bertz CT molecular complexity index is 135. The lowest BCUT2D eigenvalue weighted by molar-refractivity contribution is 0.231. The summed E-state index contributed by atoms with van der Waals surface area (Å²) in [6.45, 7) is 8.36. The highest BCUT2D eigenvalue weighted by Gasteiger charge is 2.10. The molecule has 0 aliphatic heterocycles. The highest BCUT2D eigenvalue weighted by molar-refractivity contribution is 5.74. The van der Waals surface area contributed by atoms with Crippen molar-refractivity contribution in [3.8, 4) is 0 Å². The van der Waals surface area contributed by atoms with Crippen LogP contribution in [0.2, 0.25) is 0 Å². The van der Waals surface area contributed by atoms with Crippen LogP contribution >= 0.6 is 0 Å². The molecule has 2 N–H and O–H groups in total. The number of urea groups is 1. The fourth-order valence-corrected chi connectivity index (χ4v) is 1.40. The normalized spacial score (nSPS) is 10.7. The van der Waals surface area contributed by atoms with Gasteiger partial charge in [0.2, 0.25) is 0 Å². The van der Waals surface area contributed by atoms with E-state index in [2.05, 4.69) is 38.3 Å². The monoisotopic (exact) mass is 200 g/mol. The maximum absolute atomic E-state index is 11.5. The molecule has 84 valence electrons. The predicted molar refractivity (Wildman–Crippen MR) is 60.4 cm³/mol. The second-order valence-corrected chi connectivity index (χ2v) is 3.64. The first-order valence-corrected chi connectivity index (χ1v) is 5.74. The molecule has 0 unspecified atom stereocenters. The zero-order valence-electron chi connectivity index (χ0n) is 9.89. The second kappa shape index (κ2) is 7.65. The van der Waals surface area contributed by atoms with E-state index in [9.17, 15) is 4.79 Å². The SMILES string of the molecule is CCC(CC)NC(=O)NC(CC)CC. The van der Waals surface area contributed by atoms with E-state index in [4.69, 9.17) is 0 Å². The van der Waals surface area contributed by atoms with Crippen LogP contribution in [0.5, 0.6) is 0 Å². The van der Waals surface area contributed by atoms with Crippen molar-refractivity contribution < 1.29 is 4.79 Å². The van der Waals surface area contributed by atoms with Gasteiger partial charge in [-0.05, 0) is 25.7 Å². The van der Waals surface area contributed by atoms with Gasteiger partial charge >= 0.3 is 6.03 Å². The van der Waals surface area contributed by atoms with E-state index in [-0.39, 0.29) is 6.03 Å². The molecular weight excluding hydrogens is 176 g/mol. The van der Waals surface area contributed by atoms with Crippen molar-refractivity contribution in [2.75, 3.05) is 0 Å². The number of carbonyl (C=O) groups is 1. The van der Waals surface area contributed by atoms with E-state index < -0.39 is 0 Å². The molecule has 3 nitrogen and oxygen atoms in total. The average molecular weight is 200 g/mol. The van der Waals surface area contributed by atoms with Crippen LogP contribution in [0.1, 0.15) is 53.4 Å². The molecule has 0 saturated carbocycles. The summed E-state index contributed by atoms with van der Waals surface area (Å²) in [6.07, 6.45) is 3.97. The van der Waals surface area contributed by atoms with E-state index in [0.29, 0.717) is 12.1 Å². The molecule has 0 rings (SSSR count). The topological polar surface area (TPSA) is 41.1 Å². The molecule has 0 aliphatic rings. The molecule has 2 amide bonds. The number of amides is 2. The van der Waals surface area contributed by atoms with Gasteiger partial charge in [-0.25, -0.2) is 4.79 Å². The van der Waals surface area contributed by atoms with Crippen molar-refractivity contribution in [2.45, 2.75) is 65.5 Å². The molecule has 0 aliphatic carbocycles. The largest absolute Gasteiger partial charge is 0.335 e. The maximum atomic E-state index is 11.5. The number of hydrogen-bond donors (Lipinski definition) is 2. The number of carbonyl (C=O) groups excluding carboxylic acids is 1. The van der Waals surface area contributed by atoms with Gasteiger partial charge in [0.05, 0.1) is 0 Å². The third kappa shape index (κ3) is 5.10. The second-order valence-electron chi connectivity index (χ2n) is 3.64. The maximum Gasteiger partial charge on any atom is 0.315 e. The minimum absolute atomic E-state index is 0.0209. The molecule has 0 atom stereocenters. The van der Waals surface area contributed by atoms with Gasteiger partial charge in [-0.3, -0.25) is 0 Å². The van der Waals surface area contributed by atoms with Crippen molar-refractivity contribution in [2.24, 2.45) is 0 Å². The smallest absolute Gasteiger partial charge is 0.315 e. The van der Waals surface area contributed by atoms with Gasteiger partial charge in [-0.15, -0.1) is 0 Å². The summed E-state index contributed by atoms with van der Waals surface area (Å²) in [7, 11) is 0. The van der Waals surface area contributed by atoms with Crippen molar-refractivity contribution in [3.63, 3.8) is 0 Å². The molecule has 0 heterocycles. The Labute approximate surface area is 87.6 Å². The van der Waals surface area contributed by atoms with Crippen LogP contribution in [0.25, 0.3) is 0 Å². The van der Waals surface area contributed by atoms with Crippen LogP contribution in [0.4, 0.5) is 4.79 Å². The molecule has 0 radical (unpaired) electrons. The number of rotatable bonds is 6. The zero-order chi connectivity index (χ0) is 11.0. The van der Waals surface area contributed by atoms with E-state index in [1.807, 2.05) is 0 Å². The first-order valence-electron chi connectivity index (χ1n) is 5.74. The quantitative estimate of drug-likeness (QED) is 0.680. The highest BCUT2D eigenvalue weighted by atomic mass is 16.2. The Morgan fingerprint density at radius 1 is 0.857 bits per heavy atom. The summed E-state index contributed by atoms with van der Waals surface area (Å²) in [5.74, 6) is 0. The van der Waals surface area contributed by atoms with Crippen LogP contribution in [0, 0.1) is 0 Å². The van der Waals surface area contributed by atoms with Crippen LogP contribution in [-0.2, 0) is 0 Å². The summed E-state index contributed by atoms with van der Waals surface area (Å²) in [4.78, 5) is 11.5. The van der Waals surface area contributed by atoms with Crippen LogP contribution in [0.3, 0.4) is 0 Å². The van der Waals surface area contributed by atoms with Gasteiger partial charge in [0, 0.05) is 12.1 Å². The lowest BCUT2D eigenvalue weighted by Crippen LogP contribution is -2.45. The molecule has 14 heavy (non-hydrogen) atoms. The molecule has 0 bridgehead atoms. The minimum atomic E-state index is -0.0209. The third-order valence-corrected chi connectivity index (χ3v) is 2.64. The Kier molecular flexibility index (Phi) is 7.25. The van der Waals surface area contributed by atoms with Gasteiger partial charge in [0.1, 0.15) is 0 Å². The van der Waals surface area contributed by atoms with Gasteiger partial charge in [-0.2, -0.15) is 0 Å². The average Bonchev–Trinajstić information content (AvgIpc) is 2.22. The fraction of sp³-hybridized carbons (Fsp3) is 0.909. The van der Waals surface area contributed by atoms with Crippen molar-refractivity contribution in [1.29, 1.82) is 0 Å². The molecule has 0 aromatic heterocycles. The number of nitrogens with one attached hydrogen (secondary N) is 2. The Morgan fingerprint density at radius 3 is 1.36 bits per heavy atom. The third-order valence-electron chi connectivity index (χ3n) is 2.64. The molecule has 0 fully saturated rings. The number of hydrogen-bond acceptors (Lipinski definition) is 1. The van der Waals surface area contributed by atoms with Gasteiger partial charge < -0.3 is 10.6 Å². The van der Waals surface area contributed by atoms with Crippen LogP contribution < -0.4 is 10.6 Å². The summed E-state index contributed by atoms with van der Waals surface area (Å²) in [6, 6.07) is 0.598. The lowest BCUT2D eigenvalue weighted by atomic mass is 10.1. The van der Waals surface area contributed by atoms with Gasteiger partial charge in [-0.1, -0.05) is 27.7 Å². The molecular formula is C11H24N2O. The van der Waals surface area contributed by atoms with E-state index in [0.717, 1.165) is 25.7 Å². The fourth-order valence-electron chi connectivity index (χ4n) is 1.40. The first kappa shape index (κ1) is 13.3. The predicted octanol–water partition coefficient (Wildman–Crippen LogP) is 2.66. The zero-order valence-corrected chi connectivity index (χ0v) is 9.89. The Balaban J connectivity index is 3.83. The lowest BCUT2D eigenvalue weighted by Gasteiger charge is -2.19. The van der Waals surface area contributed by atoms with Crippen molar-refractivity contribution in [3.05, 3.63) is 0 Å². The molecule has 0 saturated heterocycles. The summed E-state index contributed by atoms with van der Waals surface area (Å²) in [5, 5.41) is 5.93. The van der Waals surface area contributed by atoms with Crippen molar-refractivity contribution in [1.82, 2.24) is 10.6 Å². The summed E-state index contributed by atoms with van der Waals surface area (Å²) in [5.41, 5.74) is 0. The minimum Gasteiger partial charge on any atom is -0.335 e. The molecule has 3 heteroatoms. The van der Waals surface area contributed by atoms with Gasteiger partial charge in [0.15, 0.2) is 0 Å². The molecule has 0 aromatic rings. The van der Waals surface area contributed by atoms with Crippen LogP contribution in [0.15, 0.2) is 0 Å². The van der Waals surface area contributed by atoms with Crippen molar-refractivity contribution >= 4 is 6.03 Å². The summed E-state index contributed by atoms with van der Waals surface area (Å²) >= 11 is 0. The Hall–Kier alpha value is -0.730. The van der Waals surface area contributed by atoms with E-state index >= 15 is 0 Å². The first-order chi connectivity index (χ1) is 6.67. The van der Waals surface area contributed by atoms with Gasteiger partial charge in [0.25, 0.3) is 0 Å². The Morgan fingerprint density at radius 2 is 1.14 bits per heavy atom. The molecule has 0 spiro atoms. The summed E-state index contributed by atoms with van der Waals surface area (Å²) < 4.78 is 0. The molecule has 0 aromatic carbocycles. The van der Waals surface area contributed by atoms with E-state index in [1.165, 1.54) is 0 Å². The highest BCUT2D eigenvalue weighted by Crippen LogP contribution is 1.98. The standard InChI is InChI=1S/C11H24N2O/c1-5-9(6-2)12-11(14)13-10(7-3)8-4/h9-10H,5-8H2,1-4H3,(H2,12,13,14).